The molecular formula is C8H10BrClN2. The van der Waals surface area contributed by atoms with Crippen LogP contribution in [-0.2, 0) is 0 Å². The molecule has 0 radical (unpaired) electrons. The Balaban J connectivity index is 0.000000720. The molecule has 1 aliphatic heterocycles. The zero-order valence-electron chi connectivity index (χ0n) is 6.46. The molecule has 66 valence electrons. The summed E-state index contributed by atoms with van der Waals surface area (Å²) in [6, 6.07) is 2.66. The van der Waals surface area contributed by atoms with Gasteiger partial charge in [0.15, 0.2) is 0 Å². The molecule has 2 nitrogen and oxygen atoms in total. The number of nitrogens with zero attached hydrogens (tertiary/aromatic N) is 1. The van der Waals surface area contributed by atoms with Crippen LogP contribution in [0.3, 0.4) is 0 Å². The lowest BCUT2D eigenvalue weighted by Crippen LogP contribution is -2.34. The zero-order valence-corrected chi connectivity index (χ0v) is 8.86. The van der Waals surface area contributed by atoms with Crippen molar-refractivity contribution in [1.82, 2.24) is 10.3 Å². The van der Waals surface area contributed by atoms with Gasteiger partial charge in [0.25, 0.3) is 0 Å². The highest BCUT2D eigenvalue weighted by atomic mass is 79.9. The molecule has 0 aliphatic carbocycles. The third-order valence-electron chi connectivity index (χ3n) is 1.95. The molecule has 2 rings (SSSR count). The molecule has 1 atom stereocenters. The molecule has 0 amide bonds. The molecule has 0 bridgehead atoms. The minimum absolute atomic E-state index is 0. The molecule has 4 heteroatoms. The zero-order chi connectivity index (χ0) is 7.68. The van der Waals surface area contributed by atoms with E-state index in [1.165, 1.54) is 12.0 Å². The fraction of sp³-hybridized carbons (Fsp3) is 0.375. The Morgan fingerprint density at radius 1 is 1.50 bits per heavy atom. The molecule has 1 aliphatic rings. The van der Waals surface area contributed by atoms with E-state index in [0.717, 1.165) is 11.0 Å². The summed E-state index contributed by atoms with van der Waals surface area (Å²) in [4.78, 5) is 4.10. The molecular weight excluding hydrogens is 239 g/mol. The minimum Gasteiger partial charge on any atom is -0.310 e. The average Bonchev–Trinajstić information content (AvgIpc) is 1.83. The van der Waals surface area contributed by atoms with Crippen LogP contribution in [-0.4, -0.2) is 11.5 Å². The first-order chi connectivity index (χ1) is 5.36. The molecule has 1 N–H and O–H groups in total. The SMILES string of the molecule is Brc1cncc([C@@H]2CCN2)c1.Cl. The normalized spacial score (nSPS) is 20.9. The van der Waals surface area contributed by atoms with Crippen LogP contribution in [0.2, 0.25) is 0 Å². The highest BCUT2D eigenvalue weighted by Gasteiger charge is 2.18. The molecule has 0 saturated carbocycles. The molecule has 1 saturated heterocycles. The first-order valence-corrected chi connectivity index (χ1v) is 4.49. The minimum atomic E-state index is 0. The van der Waals surface area contributed by atoms with Gasteiger partial charge in [-0.2, -0.15) is 0 Å². The van der Waals surface area contributed by atoms with E-state index in [4.69, 9.17) is 0 Å². The van der Waals surface area contributed by atoms with E-state index in [2.05, 4.69) is 32.3 Å². The number of rotatable bonds is 1. The summed E-state index contributed by atoms with van der Waals surface area (Å²) in [6.45, 7) is 1.14. The Morgan fingerprint density at radius 2 is 2.25 bits per heavy atom. The summed E-state index contributed by atoms with van der Waals surface area (Å²) in [6.07, 6.45) is 4.96. The summed E-state index contributed by atoms with van der Waals surface area (Å²) >= 11 is 3.39. The molecule has 12 heavy (non-hydrogen) atoms. The van der Waals surface area contributed by atoms with E-state index in [-0.39, 0.29) is 12.4 Å². The maximum Gasteiger partial charge on any atom is 0.0410 e. The summed E-state index contributed by atoms with van der Waals surface area (Å²) in [5.41, 5.74) is 1.28. The van der Waals surface area contributed by atoms with E-state index < -0.39 is 0 Å². The number of aromatic nitrogens is 1. The highest BCUT2D eigenvalue weighted by Crippen LogP contribution is 2.23. The molecule has 1 aromatic heterocycles. The molecule has 1 fully saturated rings. The van der Waals surface area contributed by atoms with E-state index in [1.54, 1.807) is 0 Å². The van der Waals surface area contributed by atoms with Crippen LogP contribution >= 0.6 is 28.3 Å². The van der Waals surface area contributed by atoms with Crippen molar-refractivity contribution in [1.29, 1.82) is 0 Å². The molecule has 0 spiro atoms. The largest absolute Gasteiger partial charge is 0.310 e. The first-order valence-electron chi connectivity index (χ1n) is 3.70. The second kappa shape index (κ2) is 4.21. The van der Waals surface area contributed by atoms with Crippen LogP contribution in [0.25, 0.3) is 0 Å². The maximum absolute atomic E-state index is 4.10. The summed E-state index contributed by atoms with van der Waals surface area (Å²) in [5, 5.41) is 3.33. The number of hydrogen-bond acceptors (Lipinski definition) is 2. The number of nitrogens with one attached hydrogen (secondary N) is 1. The van der Waals surface area contributed by atoms with Crippen LogP contribution in [0.1, 0.15) is 18.0 Å². The highest BCUT2D eigenvalue weighted by molar-refractivity contribution is 9.10. The number of pyridine rings is 1. The monoisotopic (exact) mass is 248 g/mol. The Labute approximate surface area is 86.3 Å². The standard InChI is InChI=1S/C8H9BrN2.ClH/c9-7-3-6(4-10-5-7)8-1-2-11-8;/h3-5,8,11H,1-2H2;1H/t8-;/m0./s1. The van der Waals surface area contributed by atoms with Crippen molar-refractivity contribution in [2.45, 2.75) is 12.5 Å². The lowest BCUT2D eigenvalue weighted by Gasteiger charge is -2.27. The van der Waals surface area contributed by atoms with Gasteiger partial charge in [-0.3, -0.25) is 4.98 Å². The average molecular weight is 250 g/mol. The van der Waals surface area contributed by atoms with Crippen molar-refractivity contribution in [2.75, 3.05) is 6.54 Å². The summed E-state index contributed by atoms with van der Waals surface area (Å²) in [5.74, 6) is 0. The predicted molar refractivity (Wildman–Crippen MR) is 54.5 cm³/mol. The van der Waals surface area contributed by atoms with Gasteiger partial charge in [0.05, 0.1) is 0 Å². The van der Waals surface area contributed by atoms with Crippen LogP contribution in [0.15, 0.2) is 22.9 Å². The molecule has 0 aromatic carbocycles. The van der Waals surface area contributed by atoms with Gasteiger partial charge in [-0.25, -0.2) is 0 Å². The summed E-state index contributed by atoms with van der Waals surface area (Å²) in [7, 11) is 0. The van der Waals surface area contributed by atoms with Gasteiger partial charge in [-0.15, -0.1) is 12.4 Å². The fourth-order valence-electron chi connectivity index (χ4n) is 1.19. The van der Waals surface area contributed by atoms with E-state index in [0.29, 0.717) is 6.04 Å². The van der Waals surface area contributed by atoms with E-state index in [1.807, 2.05) is 12.4 Å². The van der Waals surface area contributed by atoms with Crippen molar-refractivity contribution >= 4 is 28.3 Å². The van der Waals surface area contributed by atoms with Gasteiger partial charge in [-0.1, -0.05) is 0 Å². The predicted octanol–water partition coefficient (Wildman–Crippen LogP) is 2.30. The van der Waals surface area contributed by atoms with Gasteiger partial charge in [0.1, 0.15) is 0 Å². The van der Waals surface area contributed by atoms with Crippen molar-refractivity contribution in [3.63, 3.8) is 0 Å². The second-order valence-electron chi connectivity index (χ2n) is 2.73. The third kappa shape index (κ3) is 1.97. The van der Waals surface area contributed by atoms with Crippen LogP contribution < -0.4 is 5.32 Å². The molecule has 2 heterocycles. The first kappa shape index (κ1) is 9.96. The Bertz CT molecular complexity index is 263. The topological polar surface area (TPSA) is 24.9 Å². The number of halogens is 2. The van der Waals surface area contributed by atoms with Crippen molar-refractivity contribution in [3.8, 4) is 0 Å². The van der Waals surface area contributed by atoms with Gasteiger partial charge in [0.2, 0.25) is 0 Å². The third-order valence-corrected chi connectivity index (χ3v) is 2.39. The summed E-state index contributed by atoms with van der Waals surface area (Å²) < 4.78 is 1.06. The maximum atomic E-state index is 4.10. The lowest BCUT2D eigenvalue weighted by atomic mass is 10.0. The molecule has 0 unspecified atom stereocenters. The number of hydrogen-bond donors (Lipinski definition) is 1. The Hall–Kier alpha value is -0.120. The van der Waals surface area contributed by atoms with Crippen LogP contribution in [0.5, 0.6) is 0 Å². The van der Waals surface area contributed by atoms with Gasteiger partial charge >= 0.3 is 0 Å². The van der Waals surface area contributed by atoms with Gasteiger partial charge in [0, 0.05) is 22.9 Å². The quantitative estimate of drug-likeness (QED) is 0.826. The van der Waals surface area contributed by atoms with E-state index in [9.17, 15) is 0 Å². The fourth-order valence-corrected chi connectivity index (χ4v) is 1.57. The van der Waals surface area contributed by atoms with E-state index >= 15 is 0 Å². The van der Waals surface area contributed by atoms with Gasteiger partial charge < -0.3 is 5.32 Å². The molecule has 1 aromatic rings. The van der Waals surface area contributed by atoms with Crippen LogP contribution in [0, 0.1) is 0 Å². The van der Waals surface area contributed by atoms with Crippen molar-refractivity contribution in [3.05, 3.63) is 28.5 Å². The Morgan fingerprint density at radius 3 is 2.75 bits per heavy atom. The van der Waals surface area contributed by atoms with Crippen LogP contribution in [0.4, 0.5) is 0 Å². The van der Waals surface area contributed by atoms with Gasteiger partial charge in [-0.05, 0) is 40.5 Å². The lowest BCUT2D eigenvalue weighted by molar-refractivity contribution is 0.382. The van der Waals surface area contributed by atoms with Crippen molar-refractivity contribution < 1.29 is 0 Å². The Kier molecular flexibility index (Phi) is 3.50. The smallest absolute Gasteiger partial charge is 0.0410 e. The van der Waals surface area contributed by atoms with Crippen molar-refractivity contribution in [2.24, 2.45) is 0 Å². The second-order valence-corrected chi connectivity index (χ2v) is 3.65.